The van der Waals surface area contributed by atoms with Crippen LogP contribution >= 0.6 is 0 Å². The molecule has 23 heavy (non-hydrogen) atoms. The van der Waals surface area contributed by atoms with Gasteiger partial charge in [-0.25, -0.2) is 0 Å². The average molecular weight is 449 g/mol. The predicted octanol–water partition coefficient (Wildman–Crippen LogP) is -10.7. The molecule has 0 amide bonds. The topological polar surface area (TPSA) is 161 Å². The van der Waals surface area contributed by atoms with Gasteiger partial charge in [0.2, 0.25) is 0 Å². The molecule has 0 fully saturated rings. The largest absolute Gasteiger partial charge is 1.00 e. The average Bonchev–Trinajstić information content (AvgIpc) is 2.22. The van der Waals surface area contributed by atoms with Gasteiger partial charge in [-0.3, -0.25) is 19.4 Å². The number of carbonyl (C=O) groups is 4. The number of aliphatic carboxylic acids is 4. The number of carbonyl (C=O) groups excluding carboxylic acids is 2. The molecule has 10 nitrogen and oxygen atoms in total. The van der Waals surface area contributed by atoms with Crippen molar-refractivity contribution in [3.8, 4) is 0 Å². The van der Waals surface area contributed by atoms with Crippen LogP contribution in [0.2, 0.25) is 0 Å². The van der Waals surface area contributed by atoms with Gasteiger partial charge in [-0.15, -0.1) is 0 Å². The minimum Gasteiger partial charge on any atom is -0.549 e. The summed E-state index contributed by atoms with van der Waals surface area (Å²) in [5.41, 5.74) is 0. The smallest absolute Gasteiger partial charge is 0.549 e. The third-order valence-corrected chi connectivity index (χ3v) is 2.16. The Morgan fingerprint density at radius 2 is 0.957 bits per heavy atom. The van der Waals surface area contributed by atoms with Crippen molar-refractivity contribution < 1.29 is 126 Å². The normalized spacial score (nSPS) is 9.30. The molecule has 0 aliphatic carbocycles. The zero-order chi connectivity index (χ0) is 15.7. The van der Waals surface area contributed by atoms with Gasteiger partial charge in [0.05, 0.1) is 25.0 Å². The maximum absolute atomic E-state index is 10.5. The van der Waals surface area contributed by atoms with Crippen LogP contribution < -0.4 is 69.3 Å². The molecule has 0 atom stereocenters. The summed E-state index contributed by atoms with van der Waals surface area (Å²) in [4.78, 5) is 43.9. The summed E-state index contributed by atoms with van der Waals surface area (Å²) in [6, 6.07) is 0. The summed E-state index contributed by atoms with van der Waals surface area (Å²) in [7, 11) is 0. The van der Waals surface area contributed by atoms with Gasteiger partial charge in [-0.1, -0.05) is 0 Å². The fourth-order valence-electron chi connectivity index (χ4n) is 1.46. The van der Waals surface area contributed by atoms with Crippen molar-refractivity contribution in [3.63, 3.8) is 0 Å². The van der Waals surface area contributed by atoms with Crippen LogP contribution in [0.15, 0.2) is 0 Å². The first kappa shape index (κ1) is 31.5. The van der Waals surface area contributed by atoms with Crippen LogP contribution in [0.5, 0.6) is 0 Å². The van der Waals surface area contributed by atoms with E-state index in [0.29, 0.717) is 0 Å². The molecule has 2 N–H and O–H groups in total. The Labute approximate surface area is 196 Å². The number of carboxylic acid groups (broad SMARTS) is 4. The summed E-state index contributed by atoms with van der Waals surface area (Å²) in [5, 5.41) is 38.0. The van der Waals surface area contributed by atoms with Crippen molar-refractivity contribution >= 4 is 23.9 Å². The van der Waals surface area contributed by atoms with Crippen molar-refractivity contribution in [2.24, 2.45) is 0 Å². The quantitative estimate of drug-likeness (QED) is 0.290. The summed E-state index contributed by atoms with van der Waals surface area (Å²) < 4.78 is 0. The van der Waals surface area contributed by atoms with Gasteiger partial charge in [-0.2, -0.15) is 0 Å². The molecule has 0 aliphatic rings. The Morgan fingerprint density at radius 3 is 1.17 bits per heavy atom. The summed E-state index contributed by atoms with van der Waals surface area (Å²) in [6.45, 7) is -2.75. The first-order valence-corrected chi connectivity index (χ1v) is 5.48. The number of carboxylic acids is 4. The first-order valence-electron chi connectivity index (χ1n) is 5.48. The molecule has 0 bridgehead atoms. The second kappa shape index (κ2) is 17.5. The van der Waals surface area contributed by atoms with Crippen LogP contribution in [-0.2, 0) is 46.5 Å². The zero-order valence-electron chi connectivity index (χ0n) is 13.2. The van der Waals surface area contributed by atoms with E-state index in [1.165, 1.54) is 0 Å². The van der Waals surface area contributed by atoms with Gasteiger partial charge in [0.1, 0.15) is 0 Å². The van der Waals surface area contributed by atoms with Gasteiger partial charge in [0, 0.05) is 53.5 Å². The molecule has 0 unspecified atom stereocenters. The Morgan fingerprint density at radius 1 is 0.696 bits per heavy atom. The van der Waals surface area contributed by atoms with Crippen LogP contribution in [0.4, 0.5) is 0 Å². The van der Waals surface area contributed by atoms with E-state index >= 15 is 0 Å². The van der Waals surface area contributed by atoms with E-state index in [1.807, 2.05) is 0 Å². The standard InChI is InChI=1S/C10H16N2O8.Cd.2Na/c13-7(14)3-11(4-8(15)16)1-2-12(5-9(17)18)6-10(19)20;;;/h1-6H2,(H,13,14)(H,15,16)(H,17,18)(H,19,20);;;/q;;2*+1/p-2. The third kappa shape index (κ3) is 20.7. The summed E-state index contributed by atoms with van der Waals surface area (Å²) in [5.74, 6) is -5.52. The number of hydrogen-bond donors (Lipinski definition) is 2. The van der Waals surface area contributed by atoms with Crippen molar-refractivity contribution in [1.82, 2.24) is 9.80 Å². The van der Waals surface area contributed by atoms with E-state index < -0.39 is 50.1 Å². The van der Waals surface area contributed by atoms with Gasteiger partial charge in [-0.05, 0) is 0 Å². The summed E-state index contributed by atoms with van der Waals surface area (Å²) >= 11 is 0. The molecule has 13 heteroatoms. The maximum Gasteiger partial charge on any atom is 1.00 e. The second-order valence-electron chi connectivity index (χ2n) is 3.95. The molecule has 0 aliphatic heterocycles. The molecule has 116 valence electrons. The molecule has 0 aromatic carbocycles. The predicted molar refractivity (Wildman–Crippen MR) is 58.2 cm³/mol. The molecule has 0 radical (unpaired) electrons. The Bertz CT molecular complexity index is 331. The van der Waals surface area contributed by atoms with Crippen LogP contribution in [0.25, 0.3) is 0 Å². The number of hydrogen-bond acceptors (Lipinski definition) is 8. The molecule has 0 heterocycles. The van der Waals surface area contributed by atoms with Gasteiger partial charge in [0.25, 0.3) is 0 Å². The molecule has 0 aromatic heterocycles. The van der Waals surface area contributed by atoms with Gasteiger partial charge >= 0.3 is 71.1 Å². The summed E-state index contributed by atoms with van der Waals surface area (Å²) in [6.07, 6.45) is 0. The second-order valence-corrected chi connectivity index (χ2v) is 3.95. The Balaban J connectivity index is -0.000000602. The Hall–Kier alpha value is 0.722. The molecule has 0 rings (SSSR count). The van der Waals surface area contributed by atoms with Crippen molar-refractivity contribution in [2.75, 3.05) is 39.3 Å². The molecule has 0 saturated carbocycles. The van der Waals surface area contributed by atoms with Crippen molar-refractivity contribution in [1.29, 1.82) is 0 Å². The minimum absolute atomic E-state index is 0. The SMILES string of the molecule is O=C([O-])CN(CCN(CC(=O)O)CC(=O)O)CC(=O)[O-].[Cd].[Na+].[Na+]. The zero-order valence-corrected chi connectivity index (χ0v) is 21.2. The first-order chi connectivity index (χ1) is 9.20. The molecule has 0 aromatic rings. The van der Waals surface area contributed by atoms with Gasteiger partial charge in [0.15, 0.2) is 0 Å². The van der Waals surface area contributed by atoms with Crippen molar-refractivity contribution in [2.45, 2.75) is 0 Å². The molecule has 0 spiro atoms. The minimum atomic E-state index is -1.51. The van der Waals surface area contributed by atoms with E-state index in [4.69, 9.17) is 10.2 Å². The van der Waals surface area contributed by atoms with E-state index in [2.05, 4.69) is 0 Å². The monoisotopic (exact) mass is 450 g/mol. The number of rotatable bonds is 11. The Kier molecular flexibility index (Phi) is 24.0. The maximum atomic E-state index is 10.5. The van der Waals surface area contributed by atoms with Crippen LogP contribution in [0.3, 0.4) is 0 Å². The van der Waals surface area contributed by atoms with E-state index in [9.17, 15) is 29.4 Å². The van der Waals surface area contributed by atoms with Crippen LogP contribution in [-0.4, -0.2) is 83.2 Å². The van der Waals surface area contributed by atoms with E-state index in [1.54, 1.807) is 0 Å². The van der Waals surface area contributed by atoms with E-state index in [-0.39, 0.29) is 99.5 Å². The van der Waals surface area contributed by atoms with Gasteiger partial charge < -0.3 is 30.0 Å². The van der Waals surface area contributed by atoms with E-state index in [0.717, 1.165) is 9.80 Å². The van der Waals surface area contributed by atoms with Crippen molar-refractivity contribution in [3.05, 3.63) is 0 Å². The fourth-order valence-corrected chi connectivity index (χ4v) is 1.46. The molecular formula is C10H14CdN2Na2O8. The molecular weight excluding hydrogens is 435 g/mol. The fraction of sp³-hybridized carbons (Fsp3) is 0.600. The van der Waals surface area contributed by atoms with Crippen LogP contribution in [0.1, 0.15) is 0 Å². The third-order valence-electron chi connectivity index (χ3n) is 2.16. The van der Waals surface area contributed by atoms with Crippen LogP contribution in [0, 0.1) is 0 Å². The number of nitrogens with zero attached hydrogens (tertiary/aromatic N) is 2. The molecule has 0 saturated heterocycles.